The number of allylic oxidation sites excluding steroid dienone is 2. The Labute approximate surface area is 196 Å². The molecule has 0 saturated heterocycles. The molecule has 2 aromatic rings. The molecule has 2 N–H and O–H groups in total. The molecule has 0 radical (unpaired) electrons. The molecule has 1 aromatic carbocycles. The number of Topliss-reactive ketones (excluding diaryl/α,β-unsaturated/α-hetero) is 1. The molecule has 1 atom stereocenters. The number of thioether (sulfide) groups is 1. The number of hydrogen-bond donors (Lipinski definition) is 2. The van der Waals surface area contributed by atoms with Crippen LogP contribution in [0.1, 0.15) is 57.6 Å². The SMILES string of the molecule is CC(C)CSc1nc2c(c(=O)[nH]1)C(c1ccc(Cl)cc1Cl)C1=C(CC(C)(C)CC1=O)N2. The summed E-state index contributed by atoms with van der Waals surface area (Å²) in [7, 11) is 0. The second-order valence-corrected chi connectivity index (χ2v) is 11.2. The molecular formula is C23H25Cl2N3O2S. The van der Waals surface area contributed by atoms with Crippen molar-refractivity contribution in [3.05, 3.63) is 61.0 Å². The van der Waals surface area contributed by atoms with Crippen LogP contribution < -0.4 is 10.9 Å². The molecule has 0 bridgehead atoms. The summed E-state index contributed by atoms with van der Waals surface area (Å²) in [5.41, 5.74) is 2.09. The Morgan fingerprint density at radius 3 is 2.65 bits per heavy atom. The molecule has 2 heterocycles. The van der Waals surface area contributed by atoms with Crippen LogP contribution in [0.5, 0.6) is 0 Å². The number of fused-ring (bicyclic) bond motifs is 1. The van der Waals surface area contributed by atoms with Crippen LogP contribution in [-0.4, -0.2) is 21.5 Å². The summed E-state index contributed by atoms with van der Waals surface area (Å²) in [6.45, 7) is 8.39. The van der Waals surface area contributed by atoms with Crippen molar-refractivity contribution in [1.82, 2.24) is 9.97 Å². The zero-order valence-corrected chi connectivity index (χ0v) is 20.3. The van der Waals surface area contributed by atoms with Gasteiger partial charge in [-0.2, -0.15) is 0 Å². The monoisotopic (exact) mass is 477 g/mol. The van der Waals surface area contributed by atoms with Gasteiger partial charge < -0.3 is 10.3 Å². The Morgan fingerprint density at radius 2 is 1.97 bits per heavy atom. The van der Waals surface area contributed by atoms with Crippen LogP contribution in [0.4, 0.5) is 5.82 Å². The zero-order valence-electron chi connectivity index (χ0n) is 17.9. The van der Waals surface area contributed by atoms with E-state index in [1.807, 2.05) is 0 Å². The van der Waals surface area contributed by atoms with Crippen molar-refractivity contribution in [1.29, 1.82) is 0 Å². The molecule has 1 aliphatic heterocycles. The number of nitrogens with one attached hydrogen (secondary N) is 2. The van der Waals surface area contributed by atoms with Crippen LogP contribution in [0.25, 0.3) is 0 Å². The first-order valence-electron chi connectivity index (χ1n) is 10.3. The first kappa shape index (κ1) is 22.4. The Kier molecular flexibility index (Phi) is 6.01. The highest BCUT2D eigenvalue weighted by Crippen LogP contribution is 2.49. The second kappa shape index (κ2) is 8.30. The van der Waals surface area contributed by atoms with E-state index in [1.165, 1.54) is 11.8 Å². The van der Waals surface area contributed by atoms with Crippen molar-refractivity contribution < 1.29 is 4.79 Å². The molecule has 1 aromatic heterocycles. The number of hydrogen-bond acceptors (Lipinski definition) is 5. The van der Waals surface area contributed by atoms with Crippen LogP contribution in [0.3, 0.4) is 0 Å². The molecule has 8 heteroatoms. The molecule has 0 amide bonds. The summed E-state index contributed by atoms with van der Waals surface area (Å²) in [5, 5.41) is 4.82. The summed E-state index contributed by atoms with van der Waals surface area (Å²) in [4.78, 5) is 34.1. The summed E-state index contributed by atoms with van der Waals surface area (Å²) < 4.78 is 0. The highest BCUT2D eigenvalue weighted by molar-refractivity contribution is 7.99. The highest BCUT2D eigenvalue weighted by Gasteiger charge is 2.43. The van der Waals surface area contributed by atoms with E-state index in [0.717, 1.165) is 11.4 Å². The number of rotatable bonds is 4. The minimum Gasteiger partial charge on any atom is -0.343 e. The van der Waals surface area contributed by atoms with E-state index in [4.69, 9.17) is 28.2 Å². The van der Waals surface area contributed by atoms with Gasteiger partial charge in [0.05, 0.1) is 5.56 Å². The standard InChI is InChI=1S/C23H25Cl2N3O2S/c1-11(2)10-31-22-27-20-19(21(30)28-22)17(13-6-5-12(24)7-14(13)25)18-15(26-20)8-23(3,4)9-16(18)29/h5-7,11,17H,8-10H2,1-4H3,(H2,26,27,28,30). The van der Waals surface area contributed by atoms with Crippen LogP contribution in [0.2, 0.25) is 10.0 Å². The van der Waals surface area contributed by atoms with E-state index in [9.17, 15) is 9.59 Å². The summed E-state index contributed by atoms with van der Waals surface area (Å²) >= 11 is 14.2. The molecule has 164 valence electrons. The van der Waals surface area contributed by atoms with Crippen molar-refractivity contribution in [3.63, 3.8) is 0 Å². The van der Waals surface area contributed by atoms with Crippen molar-refractivity contribution in [2.45, 2.75) is 51.6 Å². The van der Waals surface area contributed by atoms with Gasteiger partial charge in [0, 0.05) is 39.4 Å². The van der Waals surface area contributed by atoms with E-state index in [2.05, 4.69) is 38.0 Å². The average molecular weight is 478 g/mol. The first-order chi connectivity index (χ1) is 14.6. The van der Waals surface area contributed by atoms with Gasteiger partial charge in [-0.25, -0.2) is 4.98 Å². The number of aromatic amines is 1. The minimum atomic E-state index is -0.583. The predicted molar refractivity (Wildman–Crippen MR) is 127 cm³/mol. The maximum atomic E-state index is 13.3. The first-order valence-corrected chi connectivity index (χ1v) is 12.0. The van der Waals surface area contributed by atoms with E-state index < -0.39 is 5.92 Å². The fraction of sp³-hybridized carbons (Fsp3) is 0.435. The van der Waals surface area contributed by atoms with Crippen LogP contribution >= 0.6 is 35.0 Å². The quantitative estimate of drug-likeness (QED) is 0.415. The molecule has 2 aliphatic rings. The summed E-state index contributed by atoms with van der Waals surface area (Å²) in [6.07, 6.45) is 1.11. The van der Waals surface area contributed by atoms with Gasteiger partial charge in [-0.15, -0.1) is 0 Å². The topological polar surface area (TPSA) is 74.8 Å². The molecule has 31 heavy (non-hydrogen) atoms. The lowest BCUT2D eigenvalue weighted by molar-refractivity contribution is -0.118. The number of ketones is 1. The molecule has 1 unspecified atom stereocenters. The fourth-order valence-corrected chi connectivity index (χ4v) is 5.58. The molecular weight excluding hydrogens is 453 g/mol. The lowest BCUT2D eigenvalue weighted by Gasteiger charge is -2.38. The van der Waals surface area contributed by atoms with Gasteiger partial charge >= 0.3 is 0 Å². The largest absolute Gasteiger partial charge is 0.343 e. The van der Waals surface area contributed by atoms with Crippen LogP contribution in [-0.2, 0) is 4.79 Å². The maximum absolute atomic E-state index is 13.3. The lowest BCUT2D eigenvalue weighted by Crippen LogP contribution is -2.37. The number of aromatic nitrogens is 2. The fourth-order valence-electron chi connectivity index (χ4n) is 4.25. The van der Waals surface area contributed by atoms with Crippen LogP contribution in [0, 0.1) is 11.3 Å². The van der Waals surface area contributed by atoms with Gasteiger partial charge in [0.1, 0.15) is 5.82 Å². The zero-order chi connectivity index (χ0) is 22.5. The normalized spacial score (nSPS) is 19.8. The van der Waals surface area contributed by atoms with Crippen molar-refractivity contribution >= 4 is 46.6 Å². The second-order valence-electron chi connectivity index (χ2n) is 9.40. The number of anilines is 1. The maximum Gasteiger partial charge on any atom is 0.257 e. The molecule has 0 spiro atoms. The molecule has 5 nitrogen and oxygen atoms in total. The van der Waals surface area contributed by atoms with Gasteiger partial charge in [0.15, 0.2) is 10.9 Å². The smallest absolute Gasteiger partial charge is 0.257 e. The summed E-state index contributed by atoms with van der Waals surface area (Å²) in [5.74, 6) is 1.24. The van der Waals surface area contributed by atoms with E-state index in [0.29, 0.717) is 56.5 Å². The molecule has 0 saturated carbocycles. The van der Waals surface area contributed by atoms with E-state index >= 15 is 0 Å². The molecule has 1 aliphatic carbocycles. The third kappa shape index (κ3) is 4.43. The average Bonchev–Trinajstić information content (AvgIpc) is 2.64. The number of nitrogens with zero attached hydrogens (tertiary/aromatic N) is 1. The number of carbonyl (C=O) groups excluding carboxylic acids is 1. The highest BCUT2D eigenvalue weighted by atomic mass is 35.5. The lowest BCUT2D eigenvalue weighted by atomic mass is 9.69. The number of H-pyrrole nitrogens is 1. The van der Waals surface area contributed by atoms with Crippen molar-refractivity contribution in [2.75, 3.05) is 11.1 Å². The Hall–Kier alpha value is -1.76. The number of halogens is 2. The molecule has 0 fully saturated rings. The van der Waals surface area contributed by atoms with Gasteiger partial charge in [-0.1, -0.05) is 68.7 Å². The van der Waals surface area contributed by atoms with Crippen LogP contribution in [0.15, 0.2) is 39.4 Å². The van der Waals surface area contributed by atoms with Crippen molar-refractivity contribution in [2.24, 2.45) is 11.3 Å². The van der Waals surface area contributed by atoms with Gasteiger partial charge in [0.25, 0.3) is 5.56 Å². The minimum absolute atomic E-state index is 0.0260. The predicted octanol–water partition coefficient (Wildman–Crippen LogP) is 6.03. The van der Waals surface area contributed by atoms with E-state index in [-0.39, 0.29) is 16.8 Å². The van der Waals surface area contributed by atoms with Gasteiger partial charge in [-0.05, 0) is 35.4 Å². The van der Waals surface area contributed by atoms with Gasteiger partial charge in [0.2, 0.25) is 0 Å². The Bertz CT molecular complexity index is 1150. The molecule has 4 rings (SSSR count). The number of carbonyl (C=O) groups is 1. The van der Waals surface area contributed by atoms with E-state index in [1.54, 1.807) is 18.2 Å². The number of benzene rings is 1. The third-order valence-electron chi connectivity index (χ3n) is 5.53. The van der Waals surface area contributed by atoms with Crippen molar-refractivity contribution in [3.8, 4) is 0 Å². The Morgan fingerprint density at radius 1 is 1.23 bits per heavy atom. The summed E-state index contributed by atoms with van der Waals surface area (Å²) in [6, 6.07) is 5.17. The third-order valence-corrected chi connectivity index (χ3v) is 7.39. The Balaban J connectivity index is 1.92. The van der Waals surface area contributed by atoms with Gasteiger partial charge in [-0.3, -0.25) is 9.59 Å².